The molecule has 0 heterocycles. The van der Waals surface area contributed by atoms with E-state index in [1.54, 1.807) is 6.07 Å². The minimum absolute atomic E-state index is 0.129. The zero-order valence-corrected chi connectivity index (χ0v) is 13.8. The number of rotatable bonds is 3. The lowest BCUT2D eigenvalue weighted by atomic mass is 9.88. The molecule has 1 aliphatic carbocycles. The van der Waals surface area contributed by atoms with Gasteiger partial charge in [0.15, 0.2) is 0 Å². The molecule has 1 N–H and O–H groups in total. The van der Waals surface area contributed by atoms with Crippen LogP contribution in [0, 0.1) is 13.8 Å². The van der Waals surface area contributed by atoms with Gasteiger partial charge in [-0.1, -0.05) is 42.0 Å². The van der Waals surface area contributed by atoms with E-state index in [-0.39, 0.29) is 6.04 Å². The van der Waals surface area contributed by atoms with Crippen molar-refractivity contribution in [3.63, 3.8) is 0 Å². The third-order valence-electron chi connectivity index (χ3n) is 4.29. The van der Waals surface area contributed by atoms with Crippen molar-refractivity contribution in [2.24, 2.45) is 0 Å². The summed E-state index contributed by atoms with van der Waals surface area (Å²) >= 11 is 0. The Kier molecular flexibility index (Phi) is 4.06. The van der Waals surface area contributed by atoms with Gasteiger partial charge < -0.3 is 0 Å². The molecule has 0 amide bonds. The normalized spacial score (nSPS) is 18.0. The van der Waals surface area contributed by atoms with E-state index in [2.05, 4.69) is 10.8 Å². The Morgan fingerprint density at radius 1 is 1.09 bits per heavy atom. The summed E-state index contributed by atoms with van der Waals surface area (Å²) in [6.45, 7) is 3.81. The van der Waals surface area contributed by atoms with E-state index in [1.807, 2.05) is 44.2 Å². The number of fused-ring (bicyclic) bond motifs is 1. The van der Waals surface area contributed by atoms with Crippen LogP contribution in [0.15, 0.2) is 47.4 Å². The van der Waals surface area contributed by atoms with Crippen LogP contribution in [0.5, 0.6) is 0 Å². The van der Waals surface area contributed by atoms with Crippen molar-refractivity contribution in [1.82, 2.24) is 4.72 Å². The largest absolute Gasteiger partial charge is 0.241 e. The van der Waals surface area contributed by atoms with Gasteiger partial charge in [0.2, 0.25) is 10.0 Å². The average molecular weight is 315 g/mol. The molecule has 1 atom stereocenters. The van der Waals surface area contributed by atoms with Gasteiger partial charge in [-0.2, -0.15) is 0 Å². The number of hydrogen-bond donors (Lipinski definition) is 1. The minimum atomic E-state index is -3.50. The van der Waals surface area contributed by atoms with E-state index >= 15 is 0 Å². The molecular weight excluding hydrogens is 294 g/mol. The third kappa shape index (κ3) is 2.94. The minimum Gasteiger partial charge on any atom is -0.207 e. The van der Waals surface area contributed by atoms with Gasteiger partial charge in [0.1, 0.15) is 0 Å². The summed E-state index contributed by atoms with van der Waals surface area (Å²) in [6, 6.07) is 13.4. The van der Waals surface area contributed by atoms with Crippen LogP contribution in [-0.2, 0) is 16.4 Å². The van der Waals surface area contributed by atoms with Crippen molar-refractivity contribution in [2.45, 2.75) is 44.0 Å². The standard InChI is InChI=1S/C18H21NO2S/c1-13-10-11-18(14(2)12-13)22(20,21)19-17-9-5-7-15-6-3-4-8-16(15)17/h3-4,6,8,10-12,17,19H,5,7,9H2,1-2H3/t17-/m1/s1. The van der Waals surface area contributed by atoms with Crippen LogP contribution in [0.25, 0.3) is 0 Å². The Morgan fingerprint density at radius 3 is 2.64 bits per heavy atom. The van der Waals surface area contributed by atoms with E-state index in [0.29, 0.717) is 4.90 Å². The van der Waals surface area contributed by atoms with Gasteiger partial charge in [0.25, 0.3) is 0 Å². The van der Waals surface area contributed by atoms with Gasteiger partial charge in [-0.3, -0.25) is 0 Å². The molecule has 0 unspecified atom stereocenters. The number of aryl methyl sites for hydroxylation is 3. The molecule has 2 aromatic carbocycles. The Labute approximate surface area is 132 Å². The Balaban J connectivity index is 1.93. The molecule has 0 spiro atoms. The van der Waals surface area contributed by atoms with Crippen molar-refractivity contribution in [2.75, 3.05) is 0 Å². The van der Waals surface area contributed by atoms with Crippen LogP contribution in [0.3, 0.4) is 0 Å². The second-order valence-electron chi connectivity index (χ2n) is 6.03. The fraction of sp³-hybridized carbons (Fsp3) is 0.333. The highest BCUT2D eigenvalue weighted by Crippen LogP contribution is 2.31. The molecule has 3 rings (SSSR count). The van der Waals surface area contributed by atoms with E-state index in [0.717, 1.165) is 36.0 Å². The zero-order valence-electron chi connectivity index (χ0n) is 13.0. The van der Waals surface area contributed by atoms with E-state index in [1.165, 1.54) is 5.56 Å². The van der Waals surface area contributed by atoms with Crippen molar-refractivity contribution < 1.29 is 8.42 Å². The average Bonchev–Trinajstić information content (AvgIpc) is 2.47. The second-order valence-corrected chi connectivity index (χ2v) is 7.72. The summed E-state index contributed by atoms with van der Waals surface area (Å²) in [4.78, 5) is 0.376. The fourth-order valence-electron chi connectivity index (χ4n) is 3.23. The van der Waals surface area contributed by atoms with Crippen molar-refractivity contribution in [3.8, 4) is 0 Å². The highest BCUT2D eigenvalue weighted by Gasteiger charge is 2.26. The first-order valence-electron chi connectivity index (χ1n) is 7.65. The molecular formula is C18H21NO2S. The van der Waals surface area contributed by atoms with Gasteiger partial charge in [-0.05, 0) is 55.9 Å². The lowest BCUT2D eigenvalue weighted by molar-refractivity contribution is 0.507. The summed E-state index contributed by atoms with van der Waals surface area (Å²) in [5, 5.41) is 0. The van der Waals surface area contributed by atoms with Crippen molar-refractivity contribution in [1.29, 1.82) is 0 Å². The first-order valence-corrected chi connectivity index (χ1v) is 9.13. The maximum absolute atomic E-state index is 12.7. The molecule has 0 fully saturated rings. The summed E-state index contributed by atoms with van der Waals surface area (Å²) in [7, 11) is -3.50. The Hall–Kier alpha value is -1.65. The smallest absolute Gasteiger partial charge is 0.207 e. The fourth-order valence-corrected chi connectivity index (χ4v) is 4.70. The van der Waals surface area contributed by atoms with Crippen LogP contribution < -0.4 is 4.72 Å². The molecule has 0 radical (unpaired) electrons. The lowest BCUT2D eigenvalue weighted by Crippen LogP contribution is -2.31. The van der Waals surface area contributed by atoms with Gasteiger partial charge in [-0.15, -0.1) is 0 Å². The molecule has 22 heavy (non-hydrogen) atoms. The monoisotopic (exact) mass is 315 g/mol. The zero-order chi connectivity index (χ0) is 15.7. The molecule has 2 aromatic rings. The van der Waals surface area contributed by atoms with Gasteiger partial charge >= 0.3 is 0 Å². The number of nitrogens with one attached hydrogen (secondary N) is 1. The summed E-state index contributed by atoms with van der Waals surface area (Å²) < 4.78 is 28.4. The van der Waals surface area contributed by atoms with Crippen LogP contribution in [-0.4, -0.2) is 8.42 Å². The molecule has 3 nitrogen and oxygen atoms in total. The van der Waals surface area contributed by atoms with Crippen molar-refractivity contribution >= 4 is 10.0 Å². The topological polar surface area (TPSA) is 46.2 Å². The third-order valence-corrected chi connectivity index (χ3v) is 5.92. The molecule has 116 valence electrons. The van der Waals surface area contributed by atoms with Crippen LogP contribution >= 0.6 is 0 Å². The number of hydrogen-bond acceptors (Lipinski definition) is 2. The number of benzene rings is 2. The molecule has 0 aromatic heterocycles. The van der Waals surface area contributed by atoms with E-state index in [9.17, 15) is 8.42 Å². The molecule has 0 saturated heterocycles. The molecule has 0 aliphatic heterocycles. The summed E-state index contributed by atoms with van der Waals surface area (Å²) in [5.74, 6) is 0. The molecule has 4 heteroatoms. The van der Waals surface area contributed by atoms with Gasteiger partial charge in [0, 0.05) is 6.04 Å². The predicted molar refractivity (Wildman–Crippen MR) is 88.4 cm³/mol. The first kappa shape index (κ1) is 15.3. The Bertz CT molecular complexity index is 796. The lowest BCUT2D eigenvalue weighted by Gasteiger charge is -2.26. The summed E-state index contributed by atoms with van der Waals surface area (Å²) in [5.41, 5.74) is 4.22. The van der Waals surface area contributed by atoms with E-state index < -0.39 is 10.0 Å². The molecule has 0 bridgehead atoms. The SMILES string of the molecule is Cc1ccc(S(=O)(=O)N[C@@H]2CCCc3ccccc32)c(C)c1. The first-order chi connectivity index (χ1) is 10.5. The summed E-state index contributed by atoms with van der Waals surface area (Å²) in [6.07, 6.45) is 2.89. The highest BCUT2D eigenvalue weighted by molar-refractivity contribution is 7.89. The van der Waals surface area contributed by atoms with E-state index in [4.69, 9.17) is 0 Å². The van der Waals surface area contributed by atoms with Crippen LogP contribution in [0.2, 0.25) is 0 Å². The number of sulfonamides is 1. The maximum atomic E-state index is 12.7. The quantitative estimate of drug-likeness (QED) is 0.939. The molecule has 0 saturated carbocycles. The predicted octanol–water partition coefficient (Wildman–Crippen LogP) is 3.66. The highest BCUT2D eigenvalue weighted by atomic mass is 32.2. The van der Waals surface area contributed by atoms with Crippen LogP contribution in [0.1, 0.15) is 41.1 Å². The van der Waals surface area contributed by atoms with Crippen molar-refractivity contribution in [3.05, 3.63) is 64.7 Å². The molecule has 1 aliphatic rings. The second kappa shape index (κ2) is 5.86. The Morgan fingerprint density at radius 2 is 1.86 bits per heavy atom. The van der Waals surface area contributed by atoms with Crippen LogP contribution in [0.4, 0.5) is 0 Å². The van der Waals surface area contributed by atoms with Gasteiger partial charge in [0.05, 0.1) is 4.90 Å². The van der Waals surface area contributed by atoms with Gasteiger partial charge in [-0.25, -0.2) is 13.1 Å². The maximum Gasteiger partial charge on any atom is 0.241 e.